The quantitative estimate of drug-likeness (QED) is 0.252. The van der Waals surface area contributed by atoms with Crippen LogP contribution in [0, 0.1) is 23.7 Å². The van der Waals surface area contributed by atoms with Crippen LogP contribution in [0.4, 0.5) is 0 Å². The summed E-state index contributed by atoms with van der Waals surface area (Å²) in [5.74, 6) is -2.81. The van der Waals surface area contributed by atoms with Gasteiger partial charge in [-0.15, -0.1) is 0 Å². The Balaban J connectivity index is 1.58. The second kappa shape index (κ2) is 12.9. The van der Waals surface area contributed by atoms with Crippen molar-refractivity contribution in [3.05, 3.63) is 0 Å². The van der Waals surface area contributed by atoms with E-state index in [0.717, 1.165) is 0 Å². The number of carbonyl (C=O) groups is 6. The standard InChI is InChI=1S/C25H37N3O9/c1-35-23(32)17-10-20(29)26(13-17)7-4-16(5-8-27-14-18(11-21(27)30)24(33)36-2)6-9-28-15-19(12-22(28)31)25(34)37-3/h16-19H,4-15H2,1-3H3. The Labute approximate surface area is 216 Å². The number of carbonyl (C=O) groups excluding carboxylic acids is 6. The van der Waals surface area contributed by atoms with Crippen LogP contribution in [0.1, 0.15) is 38.5 Å². The Bertz CT molecular complexity index is 794. The van der Waals surface area contributed by atoms with Crippen molar-refractivity contribution in [3.63, 3.8) is 0 Å². The minimum Gasteiger partial charge on any atom is -0.469 e. The fourth-order valence-corrected chi connectivity index (χ4v) is 5.39. The molecular formula is C25H37N3O9. The van der Waals surface area contributed by atoms with Gasteiger partial charge in [0.25, 0.3) is 0 Å². The smallest absolute Gasteiger partial charge is 0.310 e. The fraction of sp³-hybridized carbons (Fsp3) is 0.760. The average Bonchev–Trinajstić information content (AvgIpc) is 3.58. The molecule has 0 N–H and O–H groups in total. The van der Waals surface area contributed by atoms with Crippen LogP contribution in [0.15, 0.2) is 0 Å². The van der Waals surface area contributed by atoms with Gasteiger partial charge in [0.2, 0.25) is 17.7 Å². The van der Waals surface area contributed by atoms with Crippen LogP contribution in [0.3, 0.4) is 0 Å². The molecule has 3 saturated heterocycles. The first-order chi connectivity index (χ1) is 17.7. The number of methoxy groups -OCH3 is 3. The van der Waals surface area contributed by atoms with Crippen LogP contribution in [0.25, 0.3) is 0 Å². The summed E-state index contributed by atoms with van der Waals surface area (Å²) < 4.78 is 14.3. The lowest BCUT2D eigenvalue weighted by atomic mass is 9.96. The Morgan fingerprint density at radius 1 is 0.622 bits per heavy atom. The highest BCUT2D eigenvalue weighted by Crippen LogP contribution is 2.26. The summed E-state index contributed by atoms with van der Waals surface area (Å²) in [6, 6.07) is 0. The van der Waals surface area contributed by atoms with E-state index in [9.17, 15) is 28.8 Å². The predicted octanol–water partition coefficient (Wildman–Crippen LogP) is -0.163. The molecule has 0 aromatic carbocycles. The molecule has 3 aliphatic heterocycles. The average molecular weight is 524 g/mol. The first-order valence-corrected chi connectivity index (χ1v) is 12.7. The van der Waals surface area contributed by atoms with Gasteiger partial charge in [0.05, 0.1) is 39.1 Å². The van der Waals surface area contributed by atoms with Crippen molar-refractivity contribution < 1.29 is 43.0 Å². The van der Waals surface area contributed by atoms with Crippen LogP contribution in [0.5, 0.6) is 0 Å². The van der Waals surface area contributed by atoms with Crippen molar-refractivity contribution >= 4 is 35.6 Å². The molecule has 0 aliphatic carbocycles. The van der Waals surface area contributed by atoms with Crippen molar-refractivity contribution in [2.24, 2.45) is 23.7 Å². The molecule has 0 radical (unpaired) electrons. The number of likely N-dealkylation sites (tertiary alicyclic amines) is 3. The van der Waals surface area contributed by atoms with Gasteiger partial charge in [-0.3, -0.25) is 28.8 Å². The number of amides is 3. The minimum absolute atomic E-state index is 0.0694. The maximum atomic E-state index is 12.4. The molecule has 0 aromatic heterocycles. The van der Waals surface area contributed by atoms with E-state index in [0.29, 0.717) is 58.5 Å². The number of ether oxygens (including phenoxy) is 3. The van der Waals surface area contributed by atoms with E-state index >= 15 is 0 Å². The molecule has 206 valence electrons. The number of hydrogen-bond donors (Lipinski definition) is 0. The van der Waals surface area contributed by atoms with Gasteiger partial charge in [0, 0.05) is 58.5 Å². The second-order valence-electron chi connectivity index (χ2n) is 10.0. The molecule has 3 atom stereocenters. The Morgan fingerprint density at radius 3 is 1.14 bits per heavy atom. The molecule has 3 aliphatic rings. The van der Waals surface area contributed by atoms with Crippen molar-refractivity contribution in [1.82, 2.24) is 14.7 Å². The zero-order chi connectivity index (χ0) is 27.1. The number of hydrogen-bond acceptors (Lipinski definition) is 9. The van der Waals surface area contributed by atoms with Gasteiger partial charge in [-0.1, -0.05) is 0 Å². The summed E-state index contributed by atoms with van der Waals surface area (Å²) in [5, 5.41) is 0. The largest absolute Gasteiger partial charge is 0.469 e. The molecule has 0 bridgehead atoms. The lowest BCUT2D eigenvalue weighted by Gasteiger charge is -2.26. The van der Waals surface area contributed by atoms with E-state index < -0.39 is 35.7 Å². The molecule has 3 rings (SSSR count). The zero-order valence-electron chi connectivity index (χ0n) is 21.8. The summed E-state index contributed by atoms with van der Waals surface area (Å²) in [5.41, 5.74) is 0. The molecule has 0 spiro atoms. The SMILES string of the molecule is COC(=O)C1CC(=O)N(CCC(CCN2CC(C(=O)OC)CC2=O)CCN2CC(C(=O)OC)CC2=O)C1. The third-order valence-corrected chi connectivity index (χ3v) is 7.67. The van der Waals surface area contributed by atoms with E-state index in [1.165, 1.54) is 21.3 Å². The molecular weight excluding hydrogens is 486 g/mol. The first-order valence-electron chi connectivity index (χ1n) is 12.7. The molecule has 0 aromatic rings. The third kappa shape index (κ3) is 7.20. The Morgan fingerprint density at radius 2 is 0.892 bits per heavy atom. The molecule has 3 amide bonds. The zero-order valence-corrected chi connectivity index (χ0v) is 21.8. The highest BCUT2D eigenvalue weighted by molar-refractivity contribution is 5.88. The van der Waals surface area contributed by atoms with Gasteiger partial charge in [-0.25, -0.2) is 0 Å². The molecule has 3 unspecified atom stereocenters. The number of rotatable bonds is 12. The van der Waals surface area contributed by atoms with E-state index in [-0.39, 0.29) is 42.9 Å². The maximum absolute atomic E-state index is 12.4. The molecule has 37 heavy (non-hydrogen) atoms. The monoisotopic (exact) mass is 523 g/mol. The van der Waals surface area contributed by atoms with Crippen LogP contribution in [-0.2, 0) is 43.0 Å². The summed E-state index contributed by atoms with van der Waals surface area (Å²) in [7, 11) is 3.92. The van der Waals surface area contributed by atoms with E-state index in [1.54, 1.807) is 14.7 Å². The maximum Gasteiger partial charge on any atom is 0.310 e. The highest BCUT2D eigenvalue weighted by Gasteiger charge is 2.38. The van der Waals surface area contributed by atoms with Gasteiger partial charge in [-0.2, -0.15) is 0 Å². The van der Waals surface area contributed by atoms with E-state index in [2.05, 4.69) is 0 Å². The molecule has 12 heteroatoms. The van der Waals surface area contributed by atoms with Gasteiger partial charge in [-0.05, 0) is 25.2 Å². The van der Waals surface area contributed by atoms with Crippen LogP contribution < -0.4 is 0 Å². The van der Waals surface area contributed by atoms with Gasteiger partial charge >= 0.3 is 17.9 Å². The van der Waals surface area contributed by atoms with E-state index in [4.69, 9.17) is 14.2 Å². The summed E-state index contributed by atoms with van der Waals surface area (Å²) in [4.78, 5) is 77.8. The Kier molecular flexibility index (Phi) is 9.87. The van der Waals surface area contributed by atoms with Gasteiger partial charge in [0.15, 0.2) is 0 Å². The first kappa shape index (κ1) is 28.4. The fourth-order valence-electron chi connectivity index (χ4n) is 5.39. The van der Waals surface area contributed by atoms with Gasteiger partial charge in [0.1, 0.15) is 0 Å². The number of esters is 3. The lowest BCUT2D eigenvalue weighted by Crippen LogP contribution is -2.33. The van der Waals surface area contributed by atoms with E-state index in [1.807, 2.05) is 0 Å². The molecule has 12 nitrogen and oxygen atoms in total. The lowest BCUT2D eigenvalue weighted by molar-refractivity contribution is -0.145. The normalized spacial score (nSPS) is 24.6. The topological polar surface area (TPSA) is 140 Å². The second-order valence-corrected chi connectivity index (χ2v) is 10.0. The van der Waals surface area contributed by atoms with Crippen LogP contribution >= 0.6 is 0 Å². The summed E-state index contributed by atoms with van der Waals surface area (Å²) in [6.45, 7) is 2.30. The van der Waals surface area contributed by atoms with Crippen LogP contribution in [-0.4, -0.2) is 111 Å². The minimum atomic E-state index is -0.467. The van der Waals surface area contributed by atoms with Crippen LogP contribution in [0.2, 0.25) is 0 Å². The summed E-state index contributed by atoms with van der Waals surface area (Å²) in [6.07, 6.45) is 2.28. The molecule has 0 saturated carbocycles. The van der Waals surface area contributed by atoms with Crippen molar-refractivity contribution in [2.45, 2.75) is 38.5 Å². The molecule has 3 fully saturated rings. The highest BCUT2D eigenvalue weighted by atomic mass is 16.5. The van der Waals surface area contributed by atoms with Crippen molar-refractivity contribution in [3.8, 4) is 0 Å². The Hall–Kier alpha value is -3.18. The van der Waals surface area contributed by atoms with Gasteiger partial charge < -0.3 is 28.9 Å². The molecule has 3 heterocycles. The van der Waals surface area contributed by atoms with Crippen molar-refractivity contribution in [2.75, 3.05) is 60.6 Å². The van der Waals surface area contributed by atoms with Crippen molar-refractivity contribution in [1.29, 1.82) is 0 Å². The number of nitrogens with zero attached hydrogens (tertiary/aromatic N) is 3. The predicted molar refractivity (Wildman–Crippen MR) is 127 cm³/mol. The summed E-state index contributed by atoms with van der Waals surface area (Å²) >= 11 is 0. The third-order valence-electron chi connectivity index (χ3n) is 7.67.